The first kappa shape index (κ1) is 13.0. The van der Waals surface area contributed by atoms with Crippen molar-refractivity contribution in [1.29, 1.82) is 0 Å². The van der Waals surface area contributed by atoms with E-state index < -0.39 is 17.3 Å². The highest BCUT2D eigenvalue weighted by molar-refractivity contribution is 5.31. The number of hydrogen-bond acceptors (Lipinski definition) is 2. The second-order valence-electron chi connectivity index (χ2n) is 3.66. The van der Waals surface area contributed by atoms with E-state index in [0.717, 1.165) is 18.5 Å². The van der Waals surface area contributed by atoms with E-state index in [4.69, 9.17) is 0 Å². The average Bonchev–Trinajstić information content (AvgIpc) is 2.27. The van der Waals surface area contributed by atoms with Gasteiger partial charge in [-0.1, -0.05) is 13.8 Å². The smallest absolute Gasteiger partial charge is 0.385 e. The third-order valence-corrected chi connectivity index (χ3v) is 2.80. The Morgan fingerprint density at radius 1 is 1.19 bits per heavy atom. The van der Waals surface area contributed by atoms with Gasteiger partial charge in [0.25, 0.3) is 0 Å². The van der Waals surface area contributed by atoms with Crippen LogP contribution in [0.25, 0.3) is 0 Å². The molecule has 0 fully saturated rings. The molecule has 5 heteroatoms. The number of hydrogen-bond donors (Lipinski definition) is 1. The second-order valence-corrected chi connectivity index (χ2v) is 3.66. The molecule has 0 aliphatic rings. The van der Waals surface area contributed by atoms with Gasteiger partial charge in [-0.25, -0.2) is 0 Å². The van der Waals surface area contributed by atoms with Crippen molar-refractivity contribution in [3.05, 3.63) is 29.6 Å². The minimum Gasteiger partial charge on any atom is -0.385 e. The SMILES string of the molecule is CCC(O)(CC)c1cnccc1C(F)(F)F. The number of nitrogens with zero attached hydrogens (tertiary/aromatic N) is 1. The van der Waals surface area contributed by atoms with Crippen molar-refractivity contribution in [2.24, 2.45) is 0 Å². The van der Waals surface area contributed by atoms with Crippen LogP contribution in [0.4, 0.5) is 13.2 Å². The number of aliphatic hydroxyl groups is 1. The molecule has 0 saturated carbocycles. The van der Waals surface area contributed by atoms with Gasteiger partial charge in [-0.15, -0.1) is 0 Å². The van der Waals surface area contributed by atoms with E-state index in [9.17, 15) is 18.3 Å². The fourth-order valence-electron chi connectivity index (χ4n) is 1.64. The molecule has 0 spiro atoms. The fourth-order valence-corrected chi connectivity index (χ4v) is 1.64. The standard InChI is InChI=1S/C11H14F3NO/c1-3-10(16,4-2)9-7-15-6-5-8(9)11(12,13)14/h5-7,16H,3-4H2,1-2H3. The lowest BCUT2D eigenvalue weighted by molar-refractivity contribution is -0.141. The maximum absolute atomic E-state index is 12.7. The number of pyridine rings is 1. The van der Waals surface area contributed by atoms with Crippen molar-refractivity contribution in [3.8, 4) is 0 Å². The van der Waals surface area contributed by atoms with Gasteiger partial charge in [0, 0.05) is 18.0 Å². The largest absolute Gasteiger partial charge is 0.416 e. The lowest BCUT2D eigenvalue weighted by Gasteiger charge is -2.28. The van der Waals surface area contributed by atoms with Gasteiger partial charge >= 0.3 is 6.18 Å². The Hall–Kier alpha value is -1.10. The number of alkyl halides is 3. The molecule has 1 heterocycles. The molecule has 0 unspecified atom stereocenters. The number of aromatic nitrogens is 1. The summed E-state index contributed by atoms with van der Waals surface area (Å²) in [6.45, 7) is 3.30. The molecule has 0 aliphatic heterocycles. The Morgan fingerprint density at radius 2 is 1.75 bits per heavy atom. The normalized spacial score (nSPS) is 12.9. The van der Waals surface area contributed by atoms with Gasteiger partial charge in [0.1, 0.15) is 0 Å². The molecular weight excluding hydrogens is 219 g/mol. The molecular formula is C11H14F3NO. The van der Waals surface area contributed by atoms with E-state index >= 15 is 0 Å². The van der Waals surface area contributed by atoms with Crippen molar-refractivity contribution in [3.63, 3.8) is 0 Å². The van der Waals surface area contributed by atoms with Gasteiger partial charge in [-0.05, 0) is 18.9 Å². The highest BCUT2D eigenvalue weighted by atomic mass is 19.4. The summed E-state index contributed by atoms with van der Waals surface area (Å²) in [6, 6.07) is 0.894. The molecule has 1 aromatic heterocycles. The van der Waals surface area contributed by atoms with E-state index in [2.05, 4.69) is 4.98 Å². The number of halogens is 3. The lowest BCUT2D eigenvalue weighted by Crippen LogP contribution is -2.27. The van der Waals surface area contributed by atoms with Crippen molar-refractivity contribution >= 4 is 0 Å². The highest BCUT2D eigenvalue weighted by Gasteiger charge is 2.39. The highest BCUT2D eigenvalue weighted by Crippen LogP contribution is 2.38. The van der Waals surface area contributed by atoms with E-state index in [-0.39, 0.29) is 18.4 Å². The first-order chi connectivity index (χ1) is 7.35. The summed E-state index contributed by atoms with van der Waals surface area (Å²) >= 11 is 0. The predicted molar refractivity (Wildman–Crippen MR) is 53.7 cm³/mol. The molecule has 90 valence electrons. The zero-order valence-electron chi connectivity index (χ0n) is 9.17. The van der Waals surface area contributed by atoms with Gasteiger partial charge in [0.05, 0.1) is 11.2 Å². The van der Waals surface area contributed by atoms with Crippen LogP contribution in [0, 0.1) is 0 Å². The van der Waals surface area contributed by atoms with Crippen LogP contribution in [0.3, 0.4) is 0 Å². The Bertz CT molecular complexity index is 358. The zero-order valence-corrected chi connectivity index (χ0v) is 9.17. The van der Waals surface area contributed by atoms with E-state index in [1.165, 1.54) is 0 Å². The summed E-state index contributed by atoms with van der Waals surface area (Å²) < 4.78 is 38.1. The minimum absolute atomic E-state index is 0.146. The predicted octanol–water partition coefficient (Wildman–Crippen LogP) is 3.11. The van der Waals surface area contributed by atoms with Gasteiger partial charge in [0.2, 0.25) is 0 Å². The number of rotatable bonds is 3. The molecule has 0 aromatic carbocycles. The maximum Gasteiger partial charge on any atom is 0.416 e. The van der Waals surface area contributed by atoms with Crippen molar-refractivity contribution in [2.45, 2.75) is 38.5 Å². The van der Waals surface area contributed by atoms with Crippen molar-refractivity contribution < 1.29 is 18.3 Å². The molecule has 0 radical (unpaired) electrons. The van der Waals surface area contributed by atoms with Crippen LogP contribution in [0.2, 0.25) is 0 Å². The Morgan fingerprint density at radius 3 is 2.19 bits per heavy atom. The first-order valence-electron chi connectivity index (χ1n) is 5.09. The van der Waals surface area contributed by atoms with Crippen LogP contribution < -0.4 is 0 Å². The first-order valence-corrected chi connectivity index (χ1v) is 5.09. The average molecular weight is 233 g/mol. The van der Waals surface area contributed by atoms with Gasteiger partial charge in [-0.2, -0.15) is 13.2 Å². The molecule has 0 bridgehead atoms. The molecule has 1 aromatic rings. The Balaban J connectivity index is 3.34. The van der Waals surface area contributed by atoms with Gasteiger partial charge < -0.3 is 5.11 Å². The Kier molecular flexibility index (Phi) is 3.57. The molecule has 0 saturated heterocycles. The van der Waals surface area contributed by atoms with Crippen LogP contribution in [0.15, 0.2) is 18.5 Å². The summed E-state index contributed by atoms with van der Waals surface area (Å²) in [5.41, 5.74) is -2.42. The second kappa shape index (κ2) is 4.41. The van der Waals surface area contributed by atoms with Crippen LogP contribution in [0.5, 0.6) is 0 Å². The van der Waals surface area contributed by atoms with Crippen LogP contribution in [0.1, 0.15) is 37.8 Å². The molecule has 16 heavy (non-hydrogen) atoms. The van der Waals surface area contributed by atoms with E-state index in [1.54, 1.807) is 13.8 Å². The van der Waals surface area contributed by atoms with Gasteiger partial charge in [-0.3, -0.25) is 4.98 Å². The Labute approximate surface area is 92.1 Å². The monoisotopic (exact) mass is 233 g/mol. The maximum atomic E-state index is 12.7. The summed E-state index contributed by atoms with van der Waals surface area (Å²) in [5.74, 6) is 0. The summed E-state index contributed by atoms with van der Waals surface area (Å²) in [7, 11) is 0. The molecule has 2 nitrogen and oxygen atoms in total. The summed E-state index contributed by atoms with van der Waals surface area (Å²) in [5, 5.41) is 10.1. The lowest BCUT2D eigenvalue weighted by atomic mass is 9.86. The minimum atomic E-state index is -4.46. The molecule has 0 amide bonds. The summed E-state index contributed by atoms with van der Waals surface area (Å²) in [4.78, 5) is 3.66. The van der Waals surface area contributed by atoms with Crippen LogP contribution in [-0.2, 0) is 11.8 Å². The van der Waals surface area contributed by atoms with Crippen LogP contribution >= 0.6 is 0 Å². The fraction of sp³-hybridized carbons (Fsp3) is 0.545. The van der Waals surface area contributed by atoms with Gasteiger partial charge in [0.15, 0.2) is 0 Å². The quantitative estimate of drug-likeness (QED) is 0.870. The topological polar surface area (TPSA) is 33.1 Å². The van der Waals surface area contributed by atoms with Crippen LogP contribution in [-0.4, -0.2) is 10.1 Å². The molecule has 1 N–H and O–H groups in total. The van der Waals surface area contributed by atoms with E-state index in [1.807, 2.05) is 0 Å². The molecule has 1 rings (SSSR count). The third kappa shape index (κ3) is 2.35. The zero-order chi connectivity index (χ0) is 12.4. The van der Waals surface area contributed by atoms with Crippen molar-refractivity contribution in [2.75, 3.05) is 0 Å². The molecule has 0 aliphatic carbocycles. The molecule has 0 atom stereocenters. The third-order valence-electron chi connectivity index (χ3n) is 2.80. The summed E-state index contributed by atoms with van der Waals surface area (Å²) in [6.07, 6.45) is -1.85. The van der Waals surface area contributed by atoms with Crippen molar-refractivity contribution in [1.82, 2.24) is 4.98 Å². The van der Waals surface area contributed by atoms with E-state index in [0.29, 0.717) is 0 Å².